The second-order valence-corrected chi connectivity index (χ2v) is 9.29. The smallest absolute Gasteiger partial charge is 0.306 e. The summed E-state index contributed by atoms with van der Waals surface area (Å²) in [6.07, 6.45) is 9.02. The van der Waals surface area contributed by atoms with Crippen LogP contribution in [0.3, 0.4) is 0 Å². The van der Waals surface area contributed by atoms with Gasteiger partial charge >= 0.3 is 17.9 Å². The average molecular weight is 441 g/mol. The van der Waals surface area contributed by atoms with E-state index >= 15 is 0 Å². The summed E-state index contributed by atoms with van der Waals surface area (Å²) in [5.74, 6) is -0.0915. The highest BCUT2D eigenvalue weighted by Crippen LogP contribution is 2.39. The van der Waals surface area contributed by atoms with Gasteiger partial charge in [-0.05, 0) is 18.8 Å². The van der Waals surface area contributed by atoms with Gasteiger partial charge in [-0.2, -0.15) is 0 Å². The zero-order valence-corrected chi connectivity index (χ0v) is 20.4. The number of esters is 3. The molecule has 0 radical (unpaired) electrons. The van der Waals surface area contributed by atoms with E-state index in [-0.39, 0.29) is 37.2 Å². The van der Waals surface area contributed by atoms with Crippen molar-refractivity contribution in [3.8, 4) is 0 Å². The maximum Gasteiger partial charge on any atom is 0.306 e. The van der Waals surface area contributed by atoms with Crippen molar-refractivity contribution in [2.24, 2.45) is 5.92 Å². The van der Waals surface area contributed by atoms with Gasteiger partial charge in [-0.3, -0.25) is 14.4 Å². The minimum absolute atomic E-state index is 0.264. The molecule has 0 heterocycles. The van der Waals surface area contributed by atoms with Crippen molar-refractivity contribution in [3.63, 3.8) is 0 Å². The van der Waals surface area contributed by atoms with E-state index < -0.39 is 17.8 Å². The fourth-order valence-electron chi connectivity index (χ4n) is 4.27. The first-order valence-corrected chi connectivity index (χ1v) is 12.3. The summed E-state index contributed by atoms with van der Waals surface area (Å²) >= 11 is 0. The molecule has 0 saturated heterocycles. The van der Waals surface area contributed by atoms with Crippen molar-refractivity contribution in [1.82, 2.24) is 0 Å². The van der Waals surface area contributed by atoms with Gasteiger partial charge in [0.15, 0.2) is 0 Å². The molecule has 1 rings (SSSR count). The molecule has 31 heavy (non-hydrogen) atoms. The molecular weight excluding hydrogens is 396 g/mol. The van der Waals surface area contributed by atoms with Gasteiger partial charge in [0, 0.05) is 38.5 Å². The van der Waals surface area contributed by atoms with Crippen LogP contribution in [0, 0.1) is 5.92 Å². The lowest BCUT2D eigenvalue weighted by atomic mass is 9.77. The zero-order chi connectivity index (χ0) is 23.3. The van der Waals surface area contributed by atoms with Crippen molar-refractivity contribution >= 4 is 17.9 Å². The van der Waals surface area contributed by atoms with E-state index in [0.717, 1.165) is 25.2 Å². The van der Waals surface area contributed by atoms with Gasteiger partial charge in [-0.15, -0.1) is 0 Å². The molecule has 0 aromatic heterocycles. The molecule has 2 unspecified atom stereocenters. The molecule has 0 N–H and O–H groups in total. The van der Waals surface area contributed by atoms with E-state index in [2.05, 4.69) is 13.8 Å². The molecule has 0 aromatic carbocycles. The summed E-state index contributed by atoms with van der Waals surface area (Å²) in [5.41, 5.74) is -0.749. The Morgan fingerprint density at radius 2 is 1.26 bits per heavy atom. The molecule has 1 saturated carbocycles. The van der Waals surface area contributed by atoms with Crippen LogP contribution in [0.25, 0.3) is 0 Å². The van der Waals surface area contributed by atoms with Gasteiger partial charge < -0.3 is 14.2 Å². The van der Waals surface area contributed by atoms with E-state index in [4.69, 9.17) is 14.2 Å². The van der Waals surface area contributed by atoms with Gasteiger partial charge in [0.1, 0.15) is 17.8 Å². The van der Waals surface area contributed by atoms with E-state index in [9.17, 15) is 14.4 Å². The van der Waals surface area contributed by atoms with E-state index in [0.29, 0.717) is 25.7 Å². The van der Waals surface area contributed by atoms with Crippen LogP contribution >= 0.6 is 0 Å². The maximum absolute atomic E-state index is 12.3. The highest BCUT2D eigenvalue weighted by atomic mass is 16.6. The van der Waals surface area contributed by atoms with E-state index in [1.165, 1.54) is 19.3 Å². The summed E-state index contributed by atoms with van der Waals surface area (Å²) in [6, 6.07) is 0. The van der Waals surface area contributed by atoms with Crippen LogP contribution in [0.5, 0.6) is 0 Å². The Morgan fingerprint density at radius 3 is 1.74 bits per heavy atom. The molecule has 6 heteroatoms. The Hall–Kier alpha value is -1.59. The predicted octanol–water partition coefficient (Wildman–Crippen LogP) is 5.89. The largest absolute Gasteiger partial charge is 0.462 e. The van der Waals surface area contributed by atoms with Gasteiger partial charge in [-0.25, -0.2) is 0 Å². The molecule has 0 aliphatic heterocycles. The molecule has 0 spiro atoms. The van der Waals surface area contributed by atoms with E-state index in [1.807, 2.05) is 0 Å². The number of carbonyl (C=O) groups excluding carboxylic acids is 3. The van der Waals surface area contributed by atoms with Crippen molar-refractivity contribution in [1.29, 1.82) is 0 Å². The molecule has 180 valence electrons. The van der Waals surface area contributed by atoms with Crippen LogP contribution in [0.1, 0.15) is 118 Å². The Morgan fingerprint density at radius 1 is 0.774 bits per heavy atom. The lowest BCUT2D eigenvalue weighted by Crippen LogP contribution is -2.49. The summed E-state index contributed by atoms with van der Waals surface area (Å²) in [7, 11) is 0. The fourth-order valence-corrected chi connectivity index (χ4v) is 4.27. The Labute approximate surface area is 188 Å². The second kappa shape index (κ2) is 14.5. The average Bonchev–Trinajstić information content (AvgIpc) is 2.72. The lowest BCUT2D eigenvalue weighted by Gasteiger charge is -2.43. The van der Waals surface area contributed by atoms with Crippen molar-refractivity contribution < 1.29 is 28.6 Å². The SMILES string of the molecule is CCC(=O)OC1CC(OC(=O)CC)CC(CCCCCCCC(C)C)(OC(=O)CC)C1. The van der Waals surface area contributed by atoms with Crippen LogP contribution in [0.15, 0.2) is 0 Å². The third-order valence-electron chi connectivity index (χ3n) is 5.93. The highest BCUT2D eigenvalue weighted by Gasteiger charge is 2.45. The van der Waals surface area contributed by atoms with Crippen LogP contribution < -0.4 is 0 Å². The fraction of sp³-hybridized carbons (Fsp3) is 0.880. The first kappa shape index (κ1) is 27.4. The Kier molecular flexibility index (Phi) is 12.8. The molecule has 0 aromatic rings. The minimum Gasteiger partial charge on any atom is -0.462 e. The van der Waals surface area contributed by atoms with Gasteiger partial charge in [0.05, 0.1) is 0 Å². The van der Waals surface area contributed by atoms with Crippen LogP contribution in [0.2, 0.25) is 0 Å². The first-order chi connectivity index (χ1) is 14.7. The number of hydrogen-bond acceptors (Lipinski definition) is 6. The lowest BCUT2D eigenvalue weighted by molar-refractivity contribution is -0.186. The number of rotatable bonds is 14. The number of ether oxygens (including phenoxy) is 3. The molecule has 1 fully saturated rings. The minimum atomic E-state index is -0.749. The predicted molar refractivity (Wildman–Crippen MR) is 120 cm³/mol. The number of carbonyl (C=O) groups is 3. The summed E-state index contributed by atoms with van der Waals surface area (Å²) in [5, 5.41) is 0. The normalized spacial score (nSPS) is 23.4. The van der Waals surface area contributed by atoms with Gasteiger partial charge in [-0.1, -0.05) is 66.7 Å². The standard InChI is InChI=1S/C25H44O6/c1-6-22(26)29-20-16-21(30-23(27)7-2)18-25(17-20,31-24(28)8-3)15-13-11-9-10-12-14-19(4)5/h19-21H,6-18H2,1-5H3. The quantitative estimate of drug-likeness (QED) is 0.190. The van der Waals surface area contributed by atoms with Crippen molar-refractivity contribution in [2.75, 3.05) is 0 Å². The van der Waals surface area contributed by atoms with Crippen molar-refractivity contribution in [3.05, 3.63) is 0 Å². The van der Waals surface area contributed by atoms with Crippen LogP contribution in [-0.2, 0) is 28.6 Å². The van der Waals surface area contributed by atoms with Crippen molar-refractivity contribution in [2.45, 2.75) is 136 Å². The summed E-state index contributed by atoms with van der Waals surface area (Å²) < 4.78 is 17.2. The maximum atomic E-state index is 12.3. The third-order valence-corrected chi connectivity index (χ3v) is 5.93. The summed E-state index contributed by atoms with van der Waals surface area (Å²) in [6.45, 7) is 9.78. The zero-order valence-electron chi connectivity index (χ0n) is 20.4. The topological polar surface area (TPSA) is 78.9 Å². The number of unbranched alkanes of at least 4 members (excludes halogenated alkanes) is 4. The Bertz CT molecular complexity index is 530. The summed E-state index contributed by atoms with van der Waals surface area (Å²) in [4.78, 5) is 36.1. The molecule has 1 aliphatic rings. The third kappa shape index (κ3) is 11.0. The van der Waals surface area contributed by atoms with Gasteiger partial charge in [0.25, 0.3) is 0 Å². The van der Waals surface area contributed by atoms with Crippen LogP contribution in [0.4, 0.5) is 0 Å². The van der Waals surface area contributed by atoms with E-state index in [1.54, 1.807) is 20.8 Å². The molecular formula is C25H44O6. The molecule has 6 nitrogen and oxygen atoms in total. The Balaban J connectivity index is 2.82. The first-order valence-electron chi connectivity index (χ1n) is 12.3. The molecule has 1 aliphatic carbocycles. The molecule has 0 amide bonds. The number of hydrogen-bond donors (Lipinski definition) is 0. The monoisotopic (exact) mass is 440 g/mol. The molecule has 0 bridgehead atoms. The second-order valence-electron chi connectivity index (χ2n) is 9.29. The van der Waals surface area contributed by atoms with Gasteiger partial charge in [0.2, 0.25) is 0 Å². The highest BCUT2D eigenvalue weighted by molar-refractivity contribution is 5.70. The molecule has 2 atom stereocenters. The van der Waals surface area contributed by atoms with Crippen LogP contribution in [-0.4, -0.2) is 35.7 Å².